The van der Waals surface area contributed by atoms with Crippen LogP contribution < -0.4 is 0 Å². The fraction of sp³-hybridized carbons (Fsp3) is 0. The van der Waals surface area contributed by atoms with E-state index in [1.165, 1.54) is 49.2 Å². The molecule has 0 aliphatic rings. The molecule has 1 heterocycles. The van der Waals surface area contributed by atoms with E-state index in [1.807, 2.05) is 6.07 Å². The second kappa shape index (κ2) is 11.8. The minimum Gasteiger partial charge on any atom is -0.228 e. The van der Waals surface area contributed by atoms with Crippen LogP contribution in [0.25, 0.3) is 88.5 Å². The van der Waals surface area contributed by atoms with E-state index in [-0.39, 0.29) is 0 Å². The van der Waals surface area contributed by atoms with Gasteiger partial charge in [0.25, 0.3) is 0 Å². The Morgan fingerprint density at radius 3 is 1.56 bits per heavy atom. The van der Waals surface area contributed by atoms with Crippen molar-refractivity contribution in [2.45, 2.75) is 0 Å². The molecule has 0 N–H and O–H groups in total. The van der Waals surface area contributed by atoms with Crippen LogP contribution in [0.4, 0.5) is 0 Å². The van der Waals surface area contributed by atoms with Gasteiger partial charge in [-0.1, -0.05) is 164 Å². The van der Waals surface area contributed by atoms with Crippen molar-refractivity contribution in [2.75, 3.05) is 0 Å². The first kappa shape index (κ1) is 27.9. The first-order chi connectivity index (χ1) is 23.8. The third-order valence-corrected chi connectivity index (χ3v) is 9.26. The van der Waals surface area contributed by atoms with E-state index in [0.29, 0.717) is 0 Å². The number of benzene rings is 8. The number of aromatic nitrogens is 2. The highest BCUT2D eigenvalue weighted by Crippen LogP contribution is 2.41. The Labute approximate surface area is 279 Å². The molecule has 0 atom stereocenters. The maximum Gasteiger partial charge on any atom is 0.161 e. The van der Waals surface area contributed by atoms with Crippen molar-refractivity contribution in [1.29, 1.82) is 0 Å². The van der Waals surface area contributed by atoms with Crippen molar-refractivity contribution in [3.05, 3.63) is 182 Å². The molecular formula is C46H30N2. The van der Waals surface area contributed by atoms with Gasteiger partial charge in [-0.15, -0.1) is 0 Å². The van der Waals surface area contributed by atoms with Gasteiger partial charge in [0.1, 0.15) is 0 Å². The van der Waals surface area contributed by atoms with E-state index in [4.69, 9.17) is 9.97 Å². The average Bonchev–Trinajstić information content (AvgIpc) is 3.17. The average molecular weight is 611 g/mol. The first-order valence-electron chi connectivity index (χ1n) is 16.3. The molecule has 9 aromatic rings. The number of fused-ring (bicyclic) bond motifs is 4. The monoisotopic (exact) mass is 610 g/mol. The number of hydrogen-bond acceptors (Lipinski definition) is 2. The molecule has 0 aliphatic heterocycles. The highest BCUT2D eigenvalue weighted by molar-refractivity contribution is 6.21. The Morgan fingerprint density at radius 2 is 0.854 bits per heavy atom. The fourth-order valence-corrected chi connectivity index (χ4v) is 6.97. The van der Waals surface area contributed by atoms with Crippen LogP contribution in [0.5, 0.6) is 0 Å². The highest BCUT2D eigenvalue weighted by Gasteiger charge is 2.19. The molecule has 0 unspecified atom stereocenters. The normalized spacial score (nSPS) is 11.3. The Balaban J connectivity index is 1.35. The van der Waals surface area contributed by atoms with Crippen molar-refractivity contribution >= 4 is 32.3 Å². The van der Waals surface area contributed by atoms with Gasteiger partial charge in [0.05, 0.1) is 11.4 Å². The van der Waals surface area contributed by atoms with E-state index < -0.39 is 0 Å². The van der Waals surface area contributed by atoms with Crippen molar-refractivity contribution < 1.29 is 0 Å². The lowest BCUT2D eigenvalue weighted by Crippen LogP contribution is -1.98. The second-order valence-electron chi connectivity index (χ2n) is 12.2. The van der Waals surface area contributed by atoms with Gasteiger partial charge in [-0.05, 0) is 67.4 Å². The minimum absolute atomic E-state index is 0.720. The van der Waals surface area contributed by atoms with E-state index in [2.05, 4.69) is 176 Å². The molecule has 0 saturated heterocycles. The minimum atomic E-state index is 0.720. The number of nitrogens with zero attached hydrogens (tertiary/aromatic N) is 2. The predicted octanol–water partition coefficient (Wildman–Crippen LogP) is 12.3. The van der Waals surface area contributed by atoms with Crippen molar-refractivity contribution in [3.8, 4) is 56.2 Å². The third kappa shape index (κ3) is 4.92. The summed E-state index contributed by atoms with van der Waals surface area (Å²) in [7, 11) is 0. The molecular weight excluding hydrogens is 581 g/mol. The highest BCUT2D eigenvalue weighted by atomic mass is 14.9. The van der Waals surface area contributed by atoms with Gasteiger partial charge in [-0.3, -0.25) is 0 Å². The van der Waals surface area contributed by atoms with Crippen LogP contribution in [-0.4, -0.2) is 9.97 Å². The molecule has 2 nitrogen and oxygen atoms in total. The van der Waals surface area contributed by atoms with E-state index in [0.717, 1.165) is 39.3 Å². The largest absolute Gasteiger partial charge is 0.228 e. The fourth-order valence-electron chi connectivity index (χ4n) is 6.97. The molecule has 0 amide bonds. The van der Waals surface area contributed by atoms with Gasteiger partial charge < -0.3 is 0 Å². The third-order valence-electron chi connectivity index (χ3n) is 9.26. The zero-order chi connectivity index (χ0) is 31.9. The van der Waals surface area contributed by atoms with Gasteiger partial charge in [-0.25, -0.2) is 9.97 Å². The van der Waals surface area contributed by atoms with Crippen molar-refractivity contribution in [1.82, 2.24) is 9.97 Å². The molecule has 0 spiro atoms. The summed E-state index contributed by atoms with van der Waals surface area (Å²) < 4.78 is 0. The quantitative estimate of drug-likeness (QED) is 0.143. The summed E-state index contributed by atoms with van der Waals surface area (Å²) in [6.45, 7) is 0. The van der Waals surface area contributed by atoms with Crippen LogP contribution in [-0.2, 0) is 0 Å². The van der Waals surface area contributed by atoms with Crippen molar-refractivity contribution in [2.24, 2.45) is 0 Å². The molecule has 0 aliphatic carbocycles. The Hall–Kier alpha value is -6.38. The second-order valence-corrected chi connectivity index (χ2v) is 12.2. The summed E-state index contributed by atoms with van der Waals surface area (Å²) in [4.78, 5) is 10.8. The summed E-state index contributed by atoms with van der Waals surface area (Å²) in [5.41, 5.74) is 9.65. The zero-order valence-electron chi connectivity index (χ0n) is 26.2. The van der Waals surface area contributed by atoms with E-state index in [1.54, 1.807) is 0 Å². The molecule has 0 fully saturated rings. The summed E-state index contributed by atoms with van der Waals surface area (Å²) in [6.07, 6.45) is 0. The van der Waals surface area contributed by atoms with E-state index in [9.17, 15) is 0 Å². The lowest BCUT2D eigenvalue weighted by atomic mass is 9.91. The zero-order valence-corrected chi connectivity index (χ0v) is 26.2. The summed E-state index contributed by atoms with van der Waals surface area (Å²) in [5, 5.41) is 7.06. The molecule has 0 saturated carbocycles. The van der Waals surface area contributed by atoms with Crippen molar-refractivity contribution in [3.63, 3.8) is 0 Å². The summed E-state index contributed by atoms with van der Waals surface area (Å²) in [6, 6.07) is 64.5. The van der Waals surface area contributed by atoms with E-state index >= 15 is 0 Å². The van der Waals surface area contributed by atoms with Gasteiger partial charge >= 0.3 is 0 Å². The van der Waals surface area contributed by atoms with Crippen LogP contribution in [0.3, 0.4) is 0 Å². The van der Waals surface area contributed by atoms with Crippen LogP contribution in [0.1, 0.15) is 0 Å². The lowest BCUT2D eigenvalue weighted by molar-refractivity contribution is 1.19. The van der Waals surface area contributed by atoms with Crippen LogP contribution in [0.15, 0.2) is 182 Å². The molecule has 0 radical (unpaired) electrons. The van der Waals surface area contributed by atoms with Crippen LogP contribution >= 0.6 is 0 Å². The van der Waals surface area contributed by atoms with Gasteiger partial charge in [0, 0.05) is 22.1 Å². The van der Waals surface area contributed by atoms with Gasteiger partial charge in [0.2, 0.25) is 0 Å². The molecule has 224 valence electrons. The Kier molecular flexibility index (Phi) is 6.84. The molecule has 8 aromatic carbocycles. The molecule has 48 heavy (non-hydrogen) atoms. The van der Waals surface area contributed by atoms with Crippen LogP contribution in [0, 0.1) is 0 Å². The predicted molar refractivity (Wildman–Crippen MR) is 202 cm³/mol. The Morgan fingerprint density at radius 1 is 0.312 bits per heavy atom. The summed E-state index contributed by atoms with van der Waals surface area (Å²) >= 11 is 0. The summed E-state index contributed by atoms with van der Waals surface area (Å²) in [5.74, 6) is 0.720. The molecule has 1 aromatic heterocycles. The van der Waals surface area contributed by atoms with Gasteiger partial charge in [-0.2, -0.15) is 0 Å². The maximum atomic E-state index is 5.43. The van der Waals surface area contributed by atoms with Crippen LogP contribution in [0.2, 0.25) is 0 Å². The smallest absolute Gasteiger partial charge is 0.161 e. The molecule has 9 rings (SSSR count). The number of rotatable bonds is 5. The molecule has 0 bridgehead atoms. The Bertz CT molecular complexity index is 2590. The SMILES string of the molecule is c1ccc(-c2cc(-c3ccc(-c4ccccc4)c(-c4ccccc4)c3)nc(-c3c4ccccc4cc4ccc5ccccc5c34)n2)cc1. The molecule has 2 heteroatoms. The number of hydrogen-bond donors (Lipinski definition) is 0. The maximum absolute atomic E-state index is 5.43. The standard InChI is InChI=1S/C46H30N2/c1-4-14-31(15-5-1)38-27-26-36(29-41(38)32-16-6-2-7-17-32)43-30-42(34-19-8-3-9-20-34)47-46(48-43)45-40-23-13-11-21-35(40)28-37-25-24-33-18-10-12-22-39(33)44(37)45/h1-30H. The first-order valence-corrected chi connectivity index (χ1v) is 16.3. The van der Waals surface area contributed by atoms with Gasteiger partial charge in [0.15, 0.2) is 5.82 Å². The topological polar surface area (TPSA) is 25.8 Å². The lowest BCUT2D eigenvalue weighted by Gasteiger charge is -2.16.